The Labute approximate surface area is 163 Å². The van der Waals surface area contributed by atoms with E-state index in [4.69, 9.17) is 0 Å². The predicted octanol–water partition coefficient (Wildman–Crippen LogP) is 4.83. The Bertz CT molecular complexity index is 1050. The lowest BCUT2D eigenvalue weighted by Crippen LogP contribution is -2.45. The van der Waals surface area contributed by atoms with Gasteiger partial charge >= 0.3 is 5.97 Å². The van der Waals surface area contributed by atoms with Crippen molar-refractivity contribution in [2.45, 2.75) is 39.2 Å². The van der Waals surface area contributed by atoms with Gasteiger partial charge in [-0.2, -0.15) is 0 Å². The Kier molecular flexibility index (Phi) is 4.79. The van der Waals surface area contributed by atoms with Crippen molar-refractivity contribution < 1.29 is 9.90 Å². The lowest BCUT2D eigenvalue weighted by Gasteiger charge is -2.27. The summed E-state index contributed by atoms with van der Waals surface area (Å²) in [4.78, 5) is 30.5. The van der Waals surface area contributed by atoms with E-state index >= 15 is 0 Å². The predicted molar refractivity (Wildman–Crippen MR) is 108 cm³/mol. The van der Waals surface area contributed by atoms with Crippen molar-refractivity contribution in [3.8, 4) is 11.1 Å². The number of thiophene rings is 1. The number of hydrogen-bond donors (Lipinski definition) is 1. The van der Waals surface area contributed by atoms with Gasteiger partial charge in [0.15, 0.2) is 0 Å². The number of hydrogen-bond acceptors (Lipinski definition) is 4. The van der Waals surface area contributed by atoms with Crippen molar-refractivity contribution >= 4 is 43.5 Å². The number of carbonyl (C=O) groups is 1. The summed E-state index contributed by atoms with van der Waals surface area (Å²) >= 11 is 4.81. The first-order valence-corrected chi connectivity index (χ1v) is 9.85. The third kappa shape index (κ3) is 2.99. The molecule has 3 rings (SSSR count). The fourth-order valence-electron chi connectivity index (χ4n) is 2.87. The zero-order valence-electron chi connectivity index (χ0n) is 14.9. The lowest BCUT2D eigenvalue weighted by atomic mass is 10.0. The SMILES string of the molecule is CC(C)c1nc2scc(-c3ccc(Br)cc3)c2c(=O)n1C(C)(C)C(=O)O. The third-order valence-electron chi connectivity index (χ3n) is 4.39. The summed E-state index contributed by atoms with van der Waals surface area (Å²) < 4.78 is 2.28. The Morgan fingerprint density at radius 3 is 2.42 bits per heavy atom. The molecule has 0 unspecified atom stereocenters. The smallest absolute Gasteiger partial charge is 0.329 e. The number of aromatic nitrogens is 2. The van der Waals surface area contributed by atoms with Gasteiger partial charge in [0, 0.05) is 21.3 Å². The van der Waals surface area contributed by atoms with Gasteiger partial charge in [-0.1, -0.05) is 41.9 Å². The van der Waals surface area contributed by atoms with Crippen molar-refractivity contribution in [3.63, 3.8) is 0 Å². The monoisotopic (exact) mass is 434 g/mol. The van der Waals surface area contributed by atoms with Gasteiger partial charge in [0.05, 0.1) is 5.39 Å². The zero-order valence-corrected chi connectivity index (χ0v) is 17.3. The van der Waals surface area contributed by atoms with Crippen molar-refractivity contribution in [1.29, 1.82) is 0 Å². The average Bonchev–Trinajstić information content (AvgIpc) is 2.99. The molecule has 3 aromatic rings. The number of rotatable bonds is 4. The second-order valence-electron chi connectivity index (χ2n) is 6.97. The second-order valence-corrected chi connectivity index (χ2v) is 8.74. The topological polar surface area (TPSA) is 72.2 Å². The first-order valence-electron chi connectivity index (χ1n) is 8.18. The summed E-state index contributed by atoms with van der Waals surface area (Å²) in [5.41, 5.74) is -0.0302. The standard InChI is InChI=1S/C19H19BrN2O3S/c1-10(2)15-21-16-14(17(23)22(15)19(3,4)18(24)25)13(9-26-16)11-5-7-12(20)8-6-11/h5-10H,1-4H3,(H,24,25). The molecule has 5 nitrogen and oxygen atoms in total. The summed E-state index contributed by atoms with van der Waals surface area (Å²) in [5, 5.41) is 12.1. The first-order chi connectivity index (χ1) is 12.1. The largest absolute Gasteiger partial charge is 0.480 e. The van der Waals surface area contributed by atoms with Crippen molar-refractivity contribution in [1.82, 2.24) is 9.55 Å². The first kappa shape index (κ1) is 18.8. The molecular formula is C19H19BrN2O3S. The Morgan fingerprint density at radius 2 is 1.88 bits per heavy atom. The molecule has 2 aromatic heterocycles. The van der Waals surface area contributed by atoms with Crippen LogP contribution in [0.1, 0.15) is 39.4 Å². The number of nitrogens with zero attached hydrogens (tertiary/aromatic N) is 2. The summed E-state index contributed by atoms with van der Waals surface area (Å²) in [6.45, 7) is 6.88. The van der Waals surface area contributed by atoms with Gasteiger partial charge in [0.2, 0.25) is 0 Å². The fourth-order valence-corrected chi connectivity index (χ4v) is 4.08. The lowest BCUT2D eigenvalue weighted by molar-refractivity contribution is -0.146. The van der Waals surface area contributed by atoms with E-state index in [-0.39, 0.29) is 11.5 Å². The molecular weight excluding hydrogens is 416 g/mol. The second kappa shape index (κ2) is 6.63. The normalized spacial score (nSPS) is 12.1. The van der Waals surface area contributed by atoms with Crippen molar-refractivity contribution in [2.75, 3.05) is 0 Å². The molecule has 0 saturated carbocycles. The van der Waals surface area contributed by atoms with E-state index in [0.29, 0.717) is 16.0 Å². The molecule has 0 aliphatic rings. The summed E-state index contributed by atoms with van der Waals surface area (Å²) in [6, 6.07) is 7.67. The van der Waals surface area contributed by atoms with Crippen LogP contribution in [0.3, 0.4) is 0 Å². The van der Waals surface area contributed by atoms with Crippen LogP contribution in [0, 0.1) is 0 Å². The number of halogens is 1. The summed E-state index contributed by atoms with van der Waals surface area (Å²) in [7, 11) is 0. The molecule has 1 N–H and O–H groups in total. The van der Waals surface area contributed by atoms with Crippen LogP contribution in [0.25, 0.3) is 21.3 Å². The van der Waals surface area contributed by atoms with E-state index in [9.17, 15) is 14.7 Å². The third-order valence-corrected chi connectivity index (χ3v) is 5.79. The minimum absolute atomic E-state index is 0.0797. The number of aliphatic carboxylic acids is 1. The molecule has 0 spiro atoms. The molecule has 7 heteroatoms. The minimum atomic E-state index is -1.39. The maximum Gasteiger partial charge on any atom is 0.329 e. The maximum atomic E-state index is 13.4. The van der Waals surface area contributed by atoms with Gasteiger partial charge in [-0.05, 0) is 31.5 Å². The molecule has 2 heterocycles. The van der Waals surface area contributed by atoms with Gasteiger partial charge < -0.3 is 5.11 Å². The van der Waals surface area contributed by atoms with Gasteiger partial charge in [0.25, 0.3) is 5.56 Å². The summed E-state index contributed by atoms with van der Waals surface area (Å²) in [5.74, 6) is -0.661. The van der Waals surface area contributed by atoms with Crippen molar-refractivity contribution in [3.05, 3.63) is 50.3 Å². The van der Waals surface area contributed by atoms with Gasteiger partial charge in [-0.3, -0.25) is 9.36 Å². The number of benzene rings is 1. The van der Waals surface area contributed by atoms with E-state index in [1.54, 1.807) is 0 Å². The zero-order chi connectivity index (χ0) is 19.2. The van der Waals surface area contributed by atoms with Crippen LogP contribution >= 0.6 is 27.3 Å². The molecule has 0 atom stereocenters. The Hall–Kier alpha value is -1.99. The van der Waals surface area contributed by atoms with Crippen LogP contribution in [0.2, 0.25) is 0 Å². The maximum absolute atomic E-state index is 13.4. The highest BCUT2D eigenvalue weighted by Crippen LogP contribution is 2.33. The molecule has 0 aliphatic heterocycles. The van der Waals surface area contributed by atoms with Crippen LogP contribution in [-0.2, 0) is 10.3 Å². The van der Waals surface area contributed by atoms with Crippen LogP contribution < -0.4 is 5.56 Å². The molecule has 0 bridgehead atoms. The quantitative estimate of drug-likeness (QED) is 0.637. The molecule has 0 radical (unpaired) electrons. The van der Waals surface area contributed by atoms with E-state index in [1.165, 1.54) is 29.8 Å². The highest BCUT2D eigenvalue weighted by molar-refractivity contribution is 9.10. The van der Waals surface area contributed by atoms with Crippen LogP contribution in [-0.4, -0.2) is 20.6 Å². The molecule has 0 amide bonds. The summed E-state index contributed by atoms with van der Waals surface area (Å²) in [6.07, 6.45) is 0. The van der Waals surface area contributed by atoms with E-state index in [1.807, 2.05) is 43.5 Å². The van der Waals surface area contributed by atoms with Gasteiger partial charge in [-0.15, -0.1) is 11.3 Å². The molecule has 26 heavy (non-hydrogen) atoms. The van der Waals surface area contributed by atoms with Gasteiger partial charge in [-0.25, -0.2) is 9.78 Å². The molecule has 0 aliphatic carbocycles. The van der Waals surface area contributed by atoms with E-state index in [0.717, 1.165) is 15.6 Å². The molecule has 0 fully saturated rings. The fraction of sp³-hybridized carbons (Fsp3) is 0.316. The van der Waals surface area contributed by atoms with E-state index < -0.39 is 11.5 Å². The number of carboxylic acids is 1. The molecule has 1 aromatic carbocycles. The Balaban J connectivity index is 2.40. The highest BCUT2D eigenvalue weighted by Gasteiger charge is 2.35. The van der Waals surface area contributed by atoms with Crippen LogP contribution in [0.5, 0.6) is 0 Å². The number of carboxylic acid groups (broad SMARTS) is 1. The van der Waals surface area contributed by atoms with Crippen LogP contribution in [0.4, 0.5) is 0 Å². The van der Waals surface area contributed by atoms with Crippen LogP contribution in [0.15, 0.2) is 38.9 Å². The average molecular weight is 435 g/mol. The molecule has 0 saturated heterocycles. The Morgan fingerprint density at radius 1 is 1.27 bits per heavy atom. The minimum Gasteiger partial charge on any atom is -0.480 e. The highest BCUT2D eigenvalue weighted by atomic mass is 79.9. The van der Waals surface area contributed by atoms with Gasteiger partial charge in [0.1, 0.15) is 16.2 Å². The van der Waals surface area contributed by atoms with E-state index in [2.05, 4.69) is 20.9 Å². The van der Waals surface area contributed by atoms with Crippen molar-refractivity contribution in [2.24, 2.45) is 0 Å². The molecule has 136 valence electrons. The number of fused-ring (bicyclic) bond motifs is 1.